The van der Waals surface area contributed by atoms with Crippen LogP contribution in [-0.2, 0) is 0 Å². The van der Waals surface area contributed by atoms with E-state index >= 15 is 0 Å². The zero-order valence-corrected chi connectivity index (χ0v) is 35.2. The third kappa shape index (κ3) is 6.33. The van der Waals surface area contributed by atoms with Crippen molar-refractivity contribution < 1.29 is 0 Å². The molecule has 0 saturated heterocycles. The Bertz CT molecular complexity index is 3610. The van der Waals surface area contributed by atoms with E-state index in [1.807, 2.05) is 11.3 Å². The number of nitrogens with zero attached hydrogens (tertiary/aromatic N) is 2. The van der Waals surface area contributed by atoms with Crippen molar-refractivity contribution in [2.24, 2.45) is 0 Å². The van der Waals surface area contributed by atoms with Crippen LogP contribution in [0, 0.1) is 0 Å². The molecule has 10 aromatic carbocycles. The van der Waals surface area contributed by atoms with Gasteiger partial charge in [-0.3, -0.25) is 0 Å². The Balaban J connectivity index is 1.19. The molecule has 3 heteroatoms. The minimum atomic E-state index is 1.08. The summed E-state index contributed by atoms with van der Waals surface area (Å²) >= 11 is 1.88. The summed E-state index contributed by atoms with van der Waals surface area (Å²) < 4.78 is 5.02. The van der Waals surface area contributed by atoms with Crippen LogP contribution in [0.15, 0.2) is 243 Å². The maximum atomic E-state index is 2.52. The van der Waals surface area contributed by atoms with Crippen molar-refractivity contribution in [1.82, 2.24) is 4.57 Å². The third-order valence-corrected chi connectivity index (χ3v) is 13.6. The molecule has 0 aliphatic heterocycles. The first-order chi connectivity index (χ1) is 31.3. The highest BCUT2D eigenvalue weighted by Gasteiger charge is 2.25. The Labute approximate surface area is 370 Å². The summed E-state index contributed by atoms with van der Waals surface area (Å²) in [4.78, 5) is 2.52. The van der Waals surface area contributed by atoms with E-state index in [9.17, 15) is 0 Å². The van der Waals surface area contributed by atoms with Gasteiger partial charge in [0.15, 0.2) is 0 Å². The van der Waals surface area contributed by atoms with E-state index in [0.717, 1.165) is 45.0 Å². The van der Waals surface area contributed by atoms with Gasteiger partial charge in [-0.25, -0.2) is 0 Å². The van der Waals surface area contributed by atoms with Gasteiger partial charge in [0.1, 0.15) is 0 Å². The van der Waals surface area contributed by atoms with Crippen molar-refractivity contribution in [1.29, 1.82) is 0 Å². The lowest BCUT2D eigenvalue weighted by Crippen LogP contribution is -2.12. The molecule has 0 N–H and O–H groups in total. The van der Waals surface area contributed by atoms with E-state index in [1.165, 1.54) is 64.3 Å². The fourth-order valence-corrected chi connectivity index (χ4v) is 10.8. The molecule has 0 aliphatic carbocycles. The zero-order chi connectivity index (χ0) is 41.7. The van der Waals surface area contributed by atoms with E-state index in [2.05, 4.69) is 252 Å². The molecular weight excluding hydrogens is 781 g/mol. The fourth-order valence-electron chi connectivity index (χ4n) is 9.56. The normalized spacial score (nSPS) is 11.5. The van der Waals surface area contributed by atoms with Crippen LogP contribution in [0.5, 0.6) is 0 Å². The smallest absolute Gasteiger partial charge is 0.0562 e. The maximum absolute atomic E-state index is 2.52. The minimum Gasteiger partial charge on any atom is -0.309 e. The highest BCUT2D eigenvalue weighted by Crippen LogP contribution is 2.50. The molecule has 0 spiro atoms. The van der Waals surface area contributed by atoms with E-state index in [4.69, 9.17) is 0 Å². The fraction of sp³-hybridized carbons (Fsp3) is 0. The molecule has 12 aromatic rings. The number of fused-ring (bicyclic) bond motifs is 6. The molecule has 0 unspecified atom stereocenters. The number of hydrogen-bond acceptors (Lipinski definition) is 2. The van der Waals surface area contributed by atoms with Crippen molar-refractivity contribution in [3.8, 4) is 50.2 Å². The summed E-state index contributed by atoms with van der Waals surface area (Å²) in [6, 6.07) is 88.5. The van der Waals surface area contributed by atoms with Crippen LogP contribution in [0.2, 0.25) is 0 Å². The Kier molecular flexibility index (Phi) is 9.06. The van der Waals surface area contributed by atoms with Crippen LogP contribution < -0.4 is 4.90 Å². The molecule has 2 aromatic heterocycles. The maximum Gasteiger partial charge on any atom is 0.0562 e. The predicted molar refractivity (Wildman–Crippen MR) is 270 cm³/mol. The molecule has 0 radical (unpaired) electrons. The largest absolute Gasteiger partial charge is 0.309 e. The first kappa shape index (κ1) is 36.8. The van der Waals surface area contributed by atoms with Gasteiger partial charge in [-0.05, 0) is 88.0 Å². The van der Waals surface area contributed by atoms with Crippen LogP contribution in [0.25, 0.3) is 92.2 Å². The second-order valence-electron chi connectivity index (χ2n) is 16.0. The second kappa shape index (κ2) is 15.5. The standard InChI is InChI=1S/C60H40N2S/c1-5-19-41(20-6-1)44-35-37-47(42-21-7-2-8-22-42)57(39-44)62(56-33-18-32-55-59(56)52-28-13-15-31-54(52)61(55)45-25-11-4-12-26-45)46-36-38-48(53(40-46)43-23-9-3-10-24-43)50-29-17-30-51-49-27-14-16-34-58(49)63-60(50)51/h1-40H. The molecule has 0 aliphatic rings. The van der Waals surface area contributed by atoms with Gasteiger partial charge in [0.25, 0.3) is 0 Å². The Morgan fingerprint density at radius 1 is 0.333 bits per heavy atom. The molecule has 2 heterocycles. The summed E-state index contributed by atoms with van der Waals surface area (Å²) in [5, 5.41) is 5.00. The third-order valence-electron chi connectivity index (χ3n) is 12.4. The Morgan fingerprint density at radius 3 is 1.68 bits per heavy atom. The van der Waals surface area contributed by atoms with Gasteiger partial charge in [-0.15, -0.1) is 11.3 Å². The summed E-state index contributed by atoms with van der Waals surface area (Å²) in [6.07, 6.45) is 0. The van der Waals surface area contributed by atoms with Gasteiger partial charge in [0, 0.05) is 53.4 Å². The first-order valence-electron chi connectivity index (χ1n) is 21.5. The van der Waals surface area contributed by atoms with Crippen molar-refractivity contribution in [3.05, 3.63) is 243 Å². The van der Waals surface area contributed by atoms with E-state index in [0.29, 0.717) is 0 Å². The molecule has 0 atom stereocenters. The van der Waals surface area contributed by atoms with Crippen LogP contribution in [0.4, 0.5) is 17.1 Å². The van der Waals surface area contributed by atoms with Crippen molar-refractivity contribution in [2.75, 3.05) is 4.90 Å². The monoisotopic (exact) mass is 820 g/mol. The molecule has 63 heavy (non-hydrogen) atoms. The zero-order valence-electron chi connectivity index (χ0n) is 34.4. The van der Waals surface area contributed by atoms with Crippen LogP contribution in [0.3, 0.4) is 0 Å². The second-order valence-corrected chi connectivity index (χ2v) is 17.1. The molecule has 0 amide bonds. The summed E-state index contributed by atoms with van der Waals surface area (Å²) in [5.74, 6) is 0. The Morgan fingerprint density at radius 2 is 0.921 bits per heavy atom. The summed E-state index contributed by atoms with van der Waals surface area (Å²) in [6.45, 7) is 0. The van der Waals surface area contributed by atoms with Crippen LogP contribution in [0.1, 0.15) is 0 Å². The highest BCUT2D eigenvalue weighted by atomic mass is 32.1. The minimum absolute atomic E-state index is 1.08. The SMILES string of the molecule is c1ccc(-c2ccc(-c3ccccc3)c(N(c3ccc(-c4cccc5c4sc4ccccc45)c(-c4ccccc4)c3)c3cccc4c3c3ccccc3n4-c3ccccc3)c2)cc1. The molecule has 296 valence electrons. The van der Waals surface area contributed by atoms with Gasteiger partial charge < -0.3 is 9.47 Å². The lowest BCUT2D eigenvalue weighted by molar-refractivity contribution is 1.18. The van der Waals surface area contributed by atoms with Gasteiger partial charge in [0.05, 0.1) is 22.4 Å². The van der Waals surface area contributed by atoms with Gasteiger partial charge in [-0.1, -0.05) is 188 Å². The molecule has 12 rings (SSSR count). The first-order valence-corrected chi connectivity index (χ1v) is 22.3. The molecule has 0 fully saturated rings. The quantitative estimate of drug-likeness (QED) is 0.148. The molecular formula is C60H40N2S. The molecule has 0 bridgehead atoms. The van der Waals surface area contributed by atoms with Crippen molar-refractivity contribution >= 4 is 70.4 Å². The number of thiophene rings is 1. The number of benzene rings is 10. The van der Waals surface area contributed by atoms with Crippen LogP contribution >= 0.6 is 11.3 Å². The van der Waals surface area contributed by atoms with E-state index in [-0.39, 0.29) is 0 Å². The number of aromatic nitrogens is 1. The average molecular weight is 821 g/mol. The average Bonchev–Trinajstić information content (AvgIpc) is 3.92. The number of hydrogen-bond donors (Lipinski definition) is 0. The van der Waals surface area contributed by atoms with Crippen LogP contribution in [-0.4, -0.2) is 4.57 Å². The van der Waals surface area contributed by atoms with Crippen molar-refractivity contribution in [2.45, 2.75) is 0 Å². The predicted octanol–water partition coefficient (Wildman–Crippen LogP) is 17.3. The number of rotatable bonds is 8. The summed E-state index contributed by atoms with van der Waals surface area (Å²) in [5.41, 5.74) is 16.2. The topological polar surface area (TPSA) is 8.17 Å². The van der Waals surface area contributed by atoms with Gasteiger partial charge in [0.2, 0.25) is 0 Å². The summed E-state index contributed by atoms with van der Waals surface area (Å²) in [7, 11) is 0. The number of anilines is 3. The lowest BCUT2D eigenvalue weighted by atomic mass is 9.92. The molecule has 2 nitrogen and oxygen atoms in total. The van der Waals surface area contributed by atoms with Gasteiger partial charge >= 0.3 is 0 Å². The van der Waals surface area contributed by atoms with Crippen molar-refractivity contribution in [3.63, 3.8) is 0 Å². The van der Waals surface area contributed by atoms with E-state index in [1.54, 1.807) is 0 Å². The lowest BCUT2D eigenvalue weighted by Gasteiger charge is -2.30. The molecule has 0 saturated carbocycles. The Hall–Kier alpha value is -7.98. The van der Waals surface area contributed by atoms with Gasteiger partial charge in [-0.2, -0.15) is 0 Å². The van der Waals surface area contributed by atoms with E-state index < -0.39 is 0 Å². The highest BCUT2D eigenvalue weighted by molar-refractivity contribution is 7.26. The number of para-hydroxylation sites is 2.